The number of nitrogens with one attached hydrogen (secondary N) is 1. The second-order valence-electron chi connectivity index (χ2n) is 5.71. The van der Waals surface area contributed by atoms with Crippen LogP contribution in [0.15, 0.2) is 28.7 Å². The fourth-order valence-corrected chi connectivity index (χ4v) is 3.64. The first-order chi connectivity index (χ1) is 9.88. The van der Waals surface area contributed by atoms with Crippen molar-refractivity contribution in [2.45, 2.75) is 56.9 Å². The molecule has 0 aliphatic heterocycles. The maximum Gasteiger partial charge on any atom is 0.214 e. The van der Waals surface area contributed by atoms with E-state index in [2.05, 4.69) is 20.7 Å². The van der Waals surface area contributed by atoms with Gasteiger partial charge in [-0.15, -0.1) is 0 Å². The van der Waals surface area contributed by atoms with Crippen LogP contribution in [0.2, 0.25) is 0 Å². The van der Waals surface area contributed by atoms with Gasteiger partial charge in [0.15, 0.2) is 0 Å². The predicted molar refractivity (Wildman–Crippen MR) is 88.0 cm³/mol. The van der Waals surface area contributed by atoms with Crippen LogP contribution in [-0.2, 0) is 10.0 Å². The maximum absolute atomic E-state index is 12.1. The molecule has 2 atom stereocenters. The van der Waals surface area contributed by atoms with E-state index in [1.54, 1.807) is 13.8 Å². The molecule has 21 heavy (non-hydrogen) atoms. The lowest BCUT2D eigenvalue weighted by atomic mass is 9.93. The highest BCUT2D eigenvalue weighted by atomic mass is 79.9. The van der Waals surface area contributed by atoms with Crippen LogP contribution in [0.25, 0.3) is 0 Å². The zero-order valence-electron chi connectivity index (χ0n) is 12.4. The van der Waals surface area contributed by atoms with Crippen LogP contribution in [0, 0.1) is 0 Å². The minimum absolute atomic E-state index is 0.103. The molecule has 6 heteroatoms. The Morgan fingerprint density at radius 1 is 1.19 bits per heavy atom. The highest BCUT2D eigenvalue weighted by Gasteiger charge is 2.31. The topological polar surface area (TPSA) is 55.4 Å². The number of ether oxygens (including phenoxy) is 1. The Kier molecular flexibility index (Phi) is 5.68. The minimum Gasteiger partial charge on any atom is -0.489 e. The fraction of sp³-hybridized carbons (Fsp3) is 0.600. The summed E-state index contributed by atoms with van der Waals surface area (Å²) in [4.78, 5) is 0. The average molecular weight is 376 g/mol. The van der Waals surface area contributed by atoms with E-state index in [-0.39, 0.29) is 12.1 Å². The molecule has 0 aromatic heterocycles. The van der Waals surface area contributed by atoms with Gasteiger partial charge in [-0.1, -0.05) is 22.4 Å². The van der Waals surface area contributed by atoms with Crippen LogP contribution in [0.4, 0.5) is 0 Å². The molecule has 0 radical (unpaired) electrons. The molecule has 1 N–H and O–H groups in total. The van der Waals surface area contributed by atoms with Gasteiger partial charge in [-0.25, -0.2) is 13.1 Å². The molecule has 4 nitrogen and oxygen atoms in total. The first kappa shape index (κ1) is 16.8. The molecule has 2 rings (SSSR count). The van der Waals surface area contributed by atoms with Crippen molar-refractivity contribution in [3.8, 4) is 5.75 Å². The SMILES string of the molecule is CC(C)S(=O)(=O)N[C@H]1CCCC[C@H]1Oc1ccc(Br)cc1. The van der Waals surface area contributed by atoms with Gasteiger partial charge in [0.1, 0.15) is 11.9 Å². The molecule has 0 spiro atoms. The third-order valence-electron chi connectivity index (χ3n) is 3.74. The van der Waals surface area contributed by atoms with Crippen LogP contribution < -0.4 is 9.46 Å². The lowest BCUT2D eigenvalue weighted by molar-refractivity contribution is 0.124. The van der Waals surface area contributed by atoms with Gasteiger partial charge >= 0.3 is 0 Å². The fourth-order valence-electron chi connectivity index (χ4n) is 2.41. The van der Waals surface area contributed by atoms with Crippen molar-refractivity contribution in [1.82, 2.24) is 4.72 Å². The summed E-state index contributed by atoms with van der Waals surface area (Å²) in [6, 6.07) is 7.49. The molecule has 0 unspecified atom stereocenters. The van der Waals surface area contributed by atoms with Gasteiger partial charge < -0.3 is 4.74 Å². The van der Waals surface area contributed by atoms with Gasteiger partial charge in [0.25, 0.3) is 0 Å². The second kappa shape index (κ2) is 7.11. The second-order valence-corrected chi connectivity index (χ2v) is 8.90. The van der Waals surface area contributed by atoms with Crippen molar-refractivity contribution in [2.75, 3.05) is 0 Å². The van der Waals surface area contributed by atoms with Gasteiger partial charge in [0.05, 0.1) is 11.3 Å². The van der Waals surface area contributed by atoms with Crippen LogP contribution in [-0.4, -0.2) is 25.8 Å². The Labute approximate surface area is 135 Å². The Morgan fingerprint density at radius 3 is 2.43 bits per heavy atom. The van der Waals surface area contributed by atoms with Crippen LogP contribution in [0.1, 0.15) is 39.5 Å². The summed E-state index contributed by atoms with van der Waals surface area (Å²) in [6.45, 7) is 3.38. The van der Waals surface area contributed by atoms with E-state index in [0.29, 0.717) is 0 Å². The van der Waals surface area contributed by atoms with Gasteiger partial charge in [-0.05, 0) is 57.4 Å². The molecule has 1 fully saturated rings. The van der Waals surface area contributed by atoms with Crippen molar-refractivity contribution < 1.29 is 13.2 Å². The summed E-state index contributed by atoms with van der Waals surface area (Å²) in [6.07, 6.45) is 3.70. The lowest BCUT2D eigenvalue weighted by Gasteiger charge is -2.32. The van der Waals surface area contributed by atoms with E-state index in [1.165, 1.54) is 0 Å². The van der Waals surface area contributed by atoms with Crippen molar-refractivity contribution in [3.05, 3.63) is 28.7 Å². The Balaban J connectivity index is 2.07. The summed E-state index contributed by atoms with van der Waals surface area (Å²) in [7, 11) is -3.27. The number of hydrogen-bond donors (Lipinski definition) is 1. The smallest absolute Gasteiger partial charge is 0.214 e. The van der Waals surface area contributed by atoms with E-state index in [9.17, 15) is 8.42 Å². The van der Waals surface area contributed by atoms with E-state index < -0.39 is 15.3 Å². The number of halogens is 1. The molecule has 0 saturated heterocycles. The highest BCUT2D eigenvalue weighted by Crippen LogP contribution is 2.25. The standard InChI is InChI=1S/C15H22BrNO3S/c1-11(2)21(18,19)17-14-5-3-4-6-15(14)20-13-9-7-12(16)8-10-13/h7-11,14-15,17H,3-6H2,1-2H3/t14-,15+/m0/s1. The Hall–Kier alpha value is -0.590. The van der Waals surface area contributed by atoms with E-state index in [1.807, 2.05) is 24.3 Å². The largest absolute Gasteiger partial charge is 0.489 e. The van der Waals surface area contributed by atoms with Gasteiger partial charge in [-0.2, -0.15) is 0 Å². The van der Waals surface area contributed by atoms with E-state index >= 15 is 0 Å². The maximum atomic E-state index is 12.1. The van der Waals surface area contributed by atoms with Gasteiger partial charge in [0.2, 0.25) is 10.0 Å². The quantitative estimate of drug-likeness (QED) is 0.856. The van der Waals surface area contributed by atoms with E-state index in [4.69, 9.17) is 4.74 Å². The van der Waals surface area contributed by atoms with Crippen molar-refractivity contribution >= 4 is 26.0 Å². The summed E-state index contributed by atoms with van der Waals surface area (Å²) in [5.74, 6) is 0.777. The van der Waals surface area contributed by atoms with Crippen LogP contribution >= 0.6 is 15.9 Å². The minimum atomic E-state index is -3.27. The Bertz CT molecular complexity index is 557. The normalized spacial score (nSPS) is 23.2. The number of hydrogen-bond acceptors (Lipinski definition) is 3. The zero-order valence-corrected chi connectivity index (χ0v) is 14.8. The molecular formula is C15H22BrNO3S. The molecule has 118 valence electrons. The molecule has 0 amide bonds. The summed E-state index contributed by atoms with van der Waals surface area (Å²) < 4.78 is 33.9. The molecule has 1 saturated carbocycles. The third kappa shape index (κ3) is 4.69. The monoisotopic (exact) mass is 375 g/mol. The summed E-state index contributed by atoms with van der Waals surface area (Å²) in [5, 5.41) is -0.423. The molecule has 1 aliphatic rings. The number of rotatable bonds is 5. The summed E-state index contributed by atoms with van der Waals surface area (Å²) in [5.41, 5.74) is 0. The predicted octanol–water partition coefficient (Wildman–Crippen LogP) is 3.47. The number of benzene rings is 1. The third-order valence-corrected chi connectivity index (χ3v) is 6.14. The van der Waals surface area contributed by atoms with Gasteiger partial charge in [-0.3, -0.25) is 0 Å². The van der Waals surface area contributed by atoms with Crippen molar-refractivity contribution in [2.24, 2.45) is 0 Å². The number of sulfonamides is 1. The Morgan fingerprint density at radius 2 is 1.81 bits per heavy atom. The first-order valence-electron chi connectivity index (χ1n) is 7.32. The zero-order chi connectivity index (χ0) is 15.5. The highest BCUT2D eigenvalue weighted by molar-refractivity contribution is 9.10. The van der Waals surface area contributed by atoms with Crippen molar-refractivity contribution in [1.29, 1.82) is 0 Å². The first-order valence-corrected chi connectivity index (χ1v) is 9.66. The molecule has 1 aromatic carbocycles. The molecule has 1 aromatic rings. The lowest BCUT2D eigenvalue weighted by Crippen LogP contribution is -2.49. The molecule has 1 aliphatic carbocycles. The van der Waals surface area contributed by atoms with Crippen LogP contribution in [0.5, 0.6) is 5.75 Å². The average Bonchev–Trinajstić information content (AvgIpc) is 2.43. The van der Waals surface area contributed by atoms with Crippen molar-refractivity contribution in [3.63, 3.8) is 0 Å². The molecule has 0 heterocycles. The van der Waals surface area contributed by atoms with E-state index in [0.717, 1.165) is 35.9 Å². The van der Waals surface area contributed by atoms with Crippen LogP contribution in [0.3, 0.4) is 0 Å². The van der Waals surface area contributed by atoms with Gasteiger partial charge in [0, 0.05) is 4.47 Å². The molecular weight excluding hydrogens is 354 g/mol. The summed E-state index contributed by atoms with van der Waals surface area (Å²) >= 11 is 3.39. The molecule has 0 bridgehead atoms.